The number of halogens is 1. The predicted octanol–water partition coefficient (Wildman–Crippen LogP) is 4.68. The van der Waals surface area contributed by atoms with Gasteiger partial charge in [0.1, 0.15) is 11.5 Å². The van der Waals surface area contributed by atoms with E-state index in [1.54, 1.807) is 12.1 Å². The number of hydrogen-bond acceptors (Lipinski definition) is 1. The molecule has 0 aliphatic carbocycles. The number of nitrogens with one attached hydrogen (secondary N) is 2. The van der Waals surface area contributed by atoms with Crippen molar-refractivity contribution in [3.63, 3.8) is 0 Å². The summed E-state index contributed by atoms with van der Waals surface area (Å²) in [4.78, 5) is 15.2. The first-order valence-corrected chi connectivity index (χ1v) is 7.22. The number of hydrogen-bond donors (Lipinski definition) is 2. The first-order valence-electron chi connectivity index (χ1n) is 7.22. The largest absolute Gasteiger partial charge is 0.350 e. The lowest BCUT2D eigenvalue weighted by molar-refractivity contribution is 0.102. The van der Waals surface area contributed by atoms with Gasteiger partial charge in [0.05, 0.1) is 0 Å². The van der Waals surface area contributed by atoms with Crippen LogP contribution in [-0.4, -0.2) is 10.9 Å². The van der Waals surface area contributed by atoms with E-state index in [1.807, 2.05) is 24.3 Å². The van der Waals surface area contributed by atoms with Crippen LogP contribution in [0.4, 0.5) is 10.1 Å². The van der Waals surface area contributed by atoms with Gasteiger partial charge in [-0.2, -0.15) is 0 Å². The highest BCUT2D eigenvalue weighted by atomic mass is 19.1. The number of aromatic nitrogens is 1. The minimum atomic E-state index is -0.328. The maximum atomic E-state index is 13.2. The minimum absolute atomic E-state index is 0.242. The van der Waals surface area contributed by atoms with Gasteiger partial charge >= 0.3 is 0 Å². The molecule has 3 nitrogen and oxygen atoms in total. The van der Waals surface area contributed by atoms with E-state index >= 15 is 0 Å². The van der Waals surface area contributed by atoms with E-state index in [0.717, 1.165) is 11.1 Å². The van der Waals surface area contributed by atoms with Gasteiger partial charge in [0.2, 0.25) is 0 Å². The van der Waals surface area contributed by atoms with Crippen molar-refractivity contribution in [1.29, 1.82) is 0 Å². The summed E-state index contributed by atoms with van der Waals surface area (Å²) < 4.78 is 13.2. The van der Waals surface area contributed by atoms with Gasteiger partial charge in [-0.1, -0.05) is 26.0 Å². The molecule has 1 heterocycles. The molecule has 2 aromatic carbocycles. The Morgan fingerprint density at radius 1 is 1.09 bits per heavy atom. The van der Waals surface area contributed by atoms with Crippen LogP contribution in [0.1, 0.15) is 35.8 Å². The van der Waals surface area contributed by atoms with Crippen molar-refractivity contribution in [2.45, 2.75) is 19.8 Å². The van der Waals surface area contributed by atoms with E-state index in [1.165, 1.54) is 17.7 Å². The molecular weight excluding hydrogens is 279 g/mol. The Kier molecular flexibility index (Phi) is 3.67. The predicted molar refractivity (Wildman–Crippen MR) is 86.7 cm³/mol. The number of H-pyrrole nitrogens is 1. The van der Waals surface area contributed by atoms with Gasteiger partial charge < -0.3 is 10.3 Å². The van der Waals surface area contributed by atoms with Crippen LogP contribution in [0.3, 0.4) is 0 Å². The first kappa shape index (κ1) is 14.3. The zero-order chi connectivity index (χ0) is 15.7. The summed E-state index contributed by atoms with van der Waals surface area (Å²) >= 11 is 0. The molecule has 0 bridgehead atoms. The zero-order valence-electron chi connectivity index (χ0n) is 12.5. The highest BCUT2D eigenvalue weighted by molar-refractivity contribution is 6.05. The summed E-state index contributed by atoms with van der Waals surface area (Å²) in [6.07, 6.45) is 0. The summed E-state index contributed by atoms with van der Waals surface area (Å²) in [5.74, 6) is -0.118. The number of carbonyl (C=O) groups is 1. The standard InChI is InChI=1S/C18H17FN2O/c1-11(2)12-4-7-15(8-5-12)20-18(22)17-9-13-3-6-14(19)10-16(13)21-17/h3-11,21H,1-2H3,(H,20,22). The average Bonchev–Trinajstić information content (AvgIpc) is 2.91. The number of rotatable bonds is 3. The molecule has 0 fully saturated rings. The Balaban J connectivity index is 1.80. The molecule has 3 rings (SSSR count). The molecule has 4 heteroatoms. The Hall–Kier alpha value is -2.62. The molecule has 0 atom stereocenters. The Morgan fingerprint density at radius 2 is 1.82 bits per heavy atom. The van der Waals surface area contributed by atoms with E-state index in [4.69, 9.17) is 0 Å². The van der Waals surface area contributed by atoms with E-state index in [-0.39, 0.29) is 11.7 Å². The van der Waals surface area contributed by atoms with Crippen molar-refractivity contribution >= 4 is 22.5 Å². The van der Waals surface area contributed by atoms with E-state index in [0.29, 0.717) is 17.1 Å². The molecule has 3 aromatic rings. The van der Waals surface area contributed by atoms with Gasteiger partial charge in [0, 0.05) is 16.6 Å². The second-order valence-electron chi connectivity index (χ2n) is 5.65. The molecule has 0 unspecified atom stereocenters. The molecule has 1 amide bonds. The van der Waals surface area contributed by atoms with E-state index in [9.17, 15) is 9.18 Å². The third-order valence-electron chi connectivity index (χ3n) is 3.66. The van der Waals surface area contributed by atoms with Crippen molar-refractivity contribution in [3.05, 3.63) is 65.6 Å². The van der Waals surface area contributed by atoms with Crippen LogP contribution in [0.2, 0.25) is 0 Å². The second-order valence-corrected chi connectivity index (χ2v) is 5.65. The fourth-order valence-electron chi connectivity index (χ4n) is 2.37. The molecule has 0 radical (unpaired) electrons. The minimum Gasteiger partial charge on any atom is -0.350 e. The number of benzene rings is 2. The Bertz CT molecular complexity index is 819. The van der Waals surface area contributed by atoms with Gasteiger partial charge in [0.15, 0.2) is 0 Å². The van der Waals surface area contributed by atoms with E-state index < -0.39 is 0 Å². The van der Waals surface area contributed by atoms with Crippen LogP contribution in [-0.2, 0) is 0 Å². The van der Waals surface area contributed by atoms with Gasteiger partial charge in [-0.25, -0.2) is 4.39 Å². The second kappa shape index (κ2) is 5.64. The van der Waals surface area contributed by atoms with Crippen LogP contribution in [0.15, 0.2) is 48.5 Å². The van der Waals surface area contributed by atoms with Gasteiger partial charge in [-0.05, 0) is 47.9 Å². The highest BCUT2D eigenvalue weighted by Gasteiger charge is 2.10. The smallest absolute Gasteiger partial charge is 0.272 e. The summed E-state index contributed by atoms with van der Waals surface area (Å²) in [7, 11) is 0. The maximum Gasteiger partial charge on any atom is 0.272 e. The molecule has 0 saturated carbocycles. The SMILES string of the molecule is CC(C)c1ccc(NC(=O)c2cc3ccc(F)cc3[nH]2)cc1. The quantitative estimate of drug-likeness (QED) is 0.724. The van der Waals surface area contributed by atoms with Crippen LogP contribution >= 0.6 is 0 Å². The summed E-state index contributed by atoms with van der Waals surface area (Å²) in [6, 6.07) is 13.9. The van der Waals surface area contributed by atoms with Gasteiger partial charge in [0.25, 0.3) is 5.91 Å². The molecule has 112 valence electrons. The number of anilines is 1. The Labute approximate surface area is 128 Å². The molecule has 2 N–H and O–H groups in total. The third kappa shape index (κ3) is 2.86. The molecule has 22 heavy (non-hydrogen) atoms. The lowest BCUT2D eigenvalue weighted by Gasteiger charge is -2.07. The summed E-state index contributed by atoms with van der Waals surface area (Å²) in [6.45, 7) is 4.24. The molecule has 0 aliphatic heterocycles. The lowest BCUT2D eigenvalue weighted by Crippen LogP contribution is -2.12. The zero-order valence-corrected chi connectivity index (χ0v) is 12.5. The van der Waals surface area contributed by atoms with Crippen molar-refractivity contribution in [1.82, 2.24) is 4.98 Å². The number of fused-ring (bicyclic) bond motifs is 1. The monoisotopic (exact) mass is 296 g/mol. The summed E-state index contributed by atoms with van der Waals surface area (Å²) in [5.41, 5.74) is 2.98. The molecule has 0 spiro atoms. The molecular formula is C18H17FN2O. The molecule has 0 saturated heterocycles. The third-order valence-corrected chi connectivity index (χ3v) is 3.66. The van der Waals surface area contributed by atoms with Crippen molar-refractivity contribution in [2.24, 2.45) is 0 Å². The molecule has 1 aromatic heterocycles. The Morgan fingerprint density at radius 3 is 2.50 bits per heavy atom. The van der Waals surface area contributed by atoms with Crippen molar-refractivity contribution in [3.8, 4) is 0 Å². The van der Waals surface area contributed by atoms with Crippen LogP contribution in [0.5, 0.6) is 0 Å². The van der Waals surface area contributed by atoms with Gasteiger partial charge in [-0.3, -0.25) is 4.79 Å². The normalized spacial score (nSPS) is 11.1. The number of carbonyl (C=O) groups excluding carboxylic acids is 1. The van der Waals surface area contributed by atoms with Crippen LogP contribution in [0, 0.1) is 5.82 Å². The van der Waals surface area contributed by atoms with Gasteiger partial charge in [-0.15, -0.1) is 0 Å². The lowest BCUT2D eigenvalue weighted by atomic mass is 10.0. The van der Waals surface area contributed by atoms with Crippen LogP contribution < -0.4 is 5.32 Å². The number of amides is 1. The highest BCUT2D eigenvalue weighted by Crippen LogP contribution is 2.19. The van der Waals surface area contributed by atoms with Crippen molar-refractivity contribution < 1.29 is 9.18 Å². The fourth-order valence-corrected chi connectivity index (χ4v) is 2.37. The summed E-state index contributed by atoms with van der Waals surface area (Å²) in [5, 5.41) is 3.64. The first-order chi connectivity index (χ1) is 10.5. The maximum absolute atomic E-state index is 13.2. The topological polar surface area (TPSA) is 44.9 Å². The van der Waals surface area contributed by atoms with E-state index in [2.05, 4.69) is 24.1 Å². The average molecular weight is 296 g/mol. The van der Waals surface area contributed by atoms with Crippen molar-refractivity contribution in [2.75, 3.05) is 5.32 Å². The fraction of sp³-hybridized carbons (Fsp3) is 0.167. The number of aromatic amines is 1. The molecule has 0 aliphatic rings. The van der Waals surface area contributed by atoms with Crippen LogP contribution in [0.25, 0.3) is 10.9 Å².